The van der Waals surface area contributed by atoms with Crippen LogP contribution >= 0.6 is 0 Å². The summed E-state index contributed by atoms with van der Waals surface area (Å²) in [6.45, 7) is 8.20. The van der Waals surface area contributed by atoms with Gasteiger partial charge in [-0.3, -0.25) is 0 Å². The minimum Gasteiger partial charge on any atom is -0.391 e. The first-order valence-corrected chi connectivity index (χ1v) is 8.27. The molecule has 0 unspecified atom stereocenters. The summed E-state index contributed by atoms with van der Waals surface area (Å²) in [4.78, 5) is 13.7. The van der Waals surface area contributed by atoms with Gasteiger partial charge in [0, 0.05) is 28.2 Å². The van der Waals surface area contributed by atoms with E-state index in [1.54, 1.807) is 6.08 Å². The Morgan fingerprint density at radius 1 is 1.12 bits per heavy atom. The molecule has 2 heterocycles. The first kappa shape index (κ1) is 15.4. The summed E-state index contributed by atoms with van der Waals surface area (Å²) in [5.41, 5.74) is 8.06. The number of aromatic amines is 1. The first-order valence-electron chi connectivity index (χ1n) is 8.27. The second-order valence-corrected chi connectivity index (χ2v) is 6.16. The number of oxime groups is 1. The Bertz CT molecular complexity index is 1040. The van der Waals surface area contributed by atoms with E-state index in [1.807, 2.05) is 18.3 Å². The highest BCUT2D eigenvalue weighted by Gasteiger charge is 2.27. The minimum absolute atomic E-state index is 0.366. The van der Waals surface area contributed by atoms with E-state index in [4.69, 9.17) is 9.83 Å². The Balaban J connectivity index is 1.91. The number of aliphatic imine (C=N–C) groups is 1. The molecular weight excluding hydrogens is 310 g/mol. The summed E-state index contributed by atoms with van der Waals surface area (Å²) >= 11 is 0. The molecule has 4 nitrogen and oxygen atoms in total. The summed E-state index contributed by atoms with van der Waals surface area (Å²) in [6, 6.07) is 12.4. The number of aryl methyl sites for hydroxylation is 2. The van der Waals surface area contributed by atoms with Crippen molar-refractivity contribution in [1.82, 2.24) is 4.98 Å². The summed E-state index contributed by atoms with van der Waals surface area (Å²) < 4.78 is 0. The third kappa shape index (κ3) is 2.47. The van der Waals surface area contributed by atoms with Crippen LogP contribution in [-0.2, 0) is 4.84 Å². The molecule has 1 aromatic heterocycles. The summed E-state index contributed by atoms with van der Waals surface area (Å²) in [6.07, 6.45) is 3.68. The summed E-state index contributed by atoms with van der Waals surface area (Å²) in [5, 5.41) is 5.50. The molecule has 4 heteroatoms. The van der Waals surface area contributed by atoms with Gasteiger partial charge in [0.25, 0.3) is 0 Å². The normalized spacial score (nSPS) is 14.6. The van der Waals surface area contributed by atoms with Gasteiger partial charge in [0.05, 0.1) is 5.69 Å². The van der Waals surface area contributed by atoms with Crippen LogP contribution in [0, 0.1) is 13.8 Å². The van der Waals surface area contributed by atoms with Gasteiger partial charge in [-0.25, -0.2) is 4.99 Å². The van der Waals surface area contributed by atoms with Crippen molar-refractivity contribution < 1.29 is 4.84 Å². The number of nitrogens with zero attached hydrogens (tertiary/aromatic N) is 2. The Labute approximate surface area is 146 Å². The number of para-hydroxylation sites is 2. The minimum atomic E-state index is 0.366. The summed E-state index contributed by atoms with van der Waals surface area (Å²) in [7, 11) is 0. The number of nitrogens with one attached hydrogen (secondary N) is 1. The fraction of sp³-hybridized carbons (Fsp3) is 0.143. The molecule has 124 valence electrons. The van der Waals surface area contributed by atoms with Gasteiger partial charge in [0.15, 0.2) is 0 Å². The Morgan fingerprint density at radius 3 is 2.76 bits per heavy atom. The lowest BCUT2D eigenvalue weighted by Crippen LogP contribution is -2.13. The zero-order valence-corrected chi connectivity index (χ0v) is 14.3. The van der Waals surface area contributed by atoms with Crippen LogP contribution in [0.2, 0.25) is 0 Å². The number of hydrogen-bond acceptors (Lipinski definition) is 3. The number of aromatic nitrogens is 1. The van der Waals surface area contributed by atoms with E-state index >= 15 is 0 Å². The first-order chi connectivity index (χ1) is 12.2. The SMILES string of the molecule is C=CCO/N=C1/C(c2c[nH]c3c(C)cccc23)=Nc2c(C)cccc21. The molecule has 0 spiro atoms. The molecule has 1 N–H and O–H groups in total. The quantitative estimate of drug-likeness (QED) is 0.416. The van der Waals surface area contributed by atoms with Crippen LogP contribution in [0.5, 0.6) is 0 Å². The smallest absolute Gasteiger partial charge is 0.138 e. The van der Waals surface area contributed by atoms with Gasteiger partial charge in [0.1, 0.15) is 18.0 Å². The zero-order chi connectivity index (χ0) is 17.4. The maximum Gasteiger partial charge on any atom is 0.138 e. The molecule has 3 aromatic rings. The summed E-state index contributed by atoms with van der Waals surface area (Å²) in [5.74, 6) is 0. The fourth-order valence-electron chi connectivity index (χ4n) is 3.23. The van der Waals surface area contributed by atoms with Crippen molar-refractivity contribution in [1.29, 1.82) is 0 Å². The number of benzene rings is 2. The molecule has 0 radical (unpaired) electrons. The van der Waals surface area contributed by atoms with E-state index in [1.165, 1.54) is 5.56 Å². The fourth-order valence-corrected chi connectivity index (χ4v) is 3.23. The van der Waals surface area contributed by atoms with Crippen LogP contribution in [0.3, 0.4) is 0 Å². The van der Waals surface area contributed by atoms with E-state index in [0.717, 1.165) is 44.7 Å². The lowest BCUT2D eigenvalue weighted by Gasteiger charge is -2.04. The van der Waals surface area contributed by atoms with Gasteiger partial charge in [0.2, 0.25) is 0 Å². The van der Waals surface area contributed by atoms with Crippen molar-refractivity contribution >= 4 is 28.0 Å². The van der Waals surface area contributed by atoms with Gasteiger partial charge >= 0.3 is 0 Å². The van der Waals surface area contributed by atoms with Crippen LogP contribution in [0.1, 0.15) is 22.3 Å². The van der Waals surface area contributed by atoms with Crippen molar-refractivity contribution in [2.24, 2.45) is 10.1 Å². The van der Waals surface area contributed by atoms with Crippen molar-refractivity contribution in [2.45, 2.75) is 13.8 Å². The van der Waals surface area contributed by atoms with Gasteiger partial charge in [-0.15, -0.1) is 0 Å². The van der Waals surface area contributed by atoms with E-state index in [0.29, 0.717) is 6.61 Å². The van der Waals surface area contributed by atoms with Crippen LogP contribution in [0.4, 0.5) is 5.69 Å². The largest absolute Gasteiger partial charge is 0.391 e. The monoisotopic (exact) mass is 329 g/mol. The highest BCUT2D eigenvalue weighted by atomic mass is 16.6. The maximum atomic E-state index is 5.41. The third-order valence-electron chi connectivity index (χ3n) is 4.47. The van der Waals surface area contributed by atoms with Crippen molar-refractivity contribution in [3.05, 3.63) is 77.5 Å². The molecule has 2 aromatic carbocycles. The number of rotatable bonds is 4. The average Bonchev–Trinajstić information content (AvgIpc) is 3.19. The molecule has 0 atom stereocenters. The van der Waals surface area contributed by atoms with E-state index in [2.05, 4.69) is 54.8 Å². The standard InChI is InChI=1S/C21H19N3O/c1-4-11-25-24-21-16-10-6-8-14(3)19(16)23-20(21)17-12-22-18-13(2)7-5-9-15(17)18/h4-10,12,22H,1,11H2,2-3H3/b24-21+. The van der Waals surface area contributed by atoms with Gasteiger partial charge < -0.3 is 9.82 Å². The molecule has 0 saturated heterocycles. The Morgan fingerprint density at radius 2 is 1.92 bits per heavy atom. The molecule has 0 aliphatic carbocycles. The van der Waals surface area contributed by atoms with Gasteiger partial charge in [-0.1, -0.05) is 54.2 Å². The molecular formula is C21H19N3O. The molecule has 1 aliphatic rings. The van der Waals surface area contributed by atoms with Gasteiger partial charge in [-0.05, 0) is 25.0 Å². The van der Waals surface area contributed by atoms with E-state index < -0.39 is 0 Å². The number of H-pyrrole nitrogens is 1. The zero-order valence-electron chi connectivity index (χ0n) is 14.3. The topological polar surface area (TPSA) is 49.7 Å². The molecule has 25 heavy (non-hydrogen) atoms. The van der Waals surface area contributed by atoms with Crippen molar-refractivity contribution in [3.63, 3.8) is 0 Å². The molecule has 4 rings (SSSR count). The predicted molar refractivity (Wildman–Crippen MR) is 103 cm³/mol. The van der Waals surface area contributed by atoms with Gasteiger partial charge in [-0.2, -0.15) is 0 Å². The second-order valence-electron chi connectivity index (χ2n) is 6.16. The maximum absolute atomic E-state index is 5.41. The molecule has 0 fully saturated rings. The van der Waals surface area contributed by atoms with E-state index in [9.17, 15) is 0 Å². The highest BCUT2D eigenvalue weighted by Crippen LogP contribution is 2.34. The number of hydrogen-bond donors (Lipinski definition) is 1. The molecule has 1 aliphatic heterocycles. The van der Waals surface area contributed by atoms with Crippen LogP contribution in [0.15, 0.2) is 65.4 Å². The molecule has 0 bridgehead atoms. The second kappa shape index (κ2) is 6.06. The molecule has 0 amide bonds. The molecule has 0 saturated carbocycles. The van der Waals surface area contributed by atoms with Crippen molar-refractivity contribution in [3.8, 4) is 0 Å². The van der Waals surface area contributed by atoms with Crippen LogP contribution < -0.4 is 0 Å². The number of fused-ring (bicyclic) bond motifs is 2. The Hall–Kier alpha value is -3.14. The highest BCUT2D eigenvalue weighted by molar-refractivity contribution is 6.58. The van der Waals surface area contributed by atoms with Crippen LogP contribution in [0.25, 0.3) is 10.9 Å². The average molecular weight is 329 g/mol. The van der Waals surface area contributed by atoms with Crippen LogP contribution in [-0.4, -0.2) is 23.0 Å². The Kier molecular flexibility index (Phi) is 3.73. The lowest BCUT2D eigenvalue weighted by atomic mass is 10.00. The van der Waals surface area contributed by atoms with E-state index in [-0.39, 0.29) is 0 Å². The lowest BCUT2D eigenvalue weighted by molar-refractivity contribution is 0.176. The third-order valence-corrected chi connectivity index (χ3v) is 4.47. The predicted octanol–water partition coefficient (Wildman–Crippen LogP) is 4.83. The van der Waals surface area contributed by atoms with Crippen molar-refractivity contribution in [2.75, 3.05) is 6.61 Å².